The van der Waals surface area contributed by atoms with E-state index in [1.807, 2.05) is 0 Å². The van der Waals surface area contributed by atoms with Crippen LogP contribution in [0.4, 0.5) is 16.2 Å². The molecule has 1 atom stereocenters. The zero-order valence-corrected chi connectivity index (χ0v) is 11.5. The quantitative estimate of drug-likeness (QED) is 0.741. The first kappa shape index (κ1) is 14.1. The van der Waals surface area contributed by atoms with E-state index in [-0.39, 0.29) is 17.9 Å². The topological polar surface area (TPSA) is 70.2 Å². The monoisotopic (exact) mass is 273 g/mol. The molecular weight excluding hydrogens is 254 g/mol. The molecule has 0 bridgehead atoms. The summed E-state index contributed by atoms with van der Waals surface area (Å²) in [5.41, 5.74) is 1.43. The number of urea groups is 1. The Kier molecular flexibility index (Phi) is 4.76. The van der Waals surface area contributed by atoms with Crippen molar-refractivity contribution in [1.29, 1.82) is 0 Å². The number of nitrogens with one attached hydrogen (secondary N) is 3. The lowest BCUT2D eigenvalue weighted by Gasteiger charge is -2.17. The average molecular weight is 273 g/mol. The van der Waals surface area contributed by atoms with Crippen molar-refractivity contribution in [2.75, 3.05) is 17.7 Å². The predicted molar refractivity (Wildman–Crippen MR) is 79.6 cm³/mol. The van der Waals surface area contributed by atoms with E-state index in [4.69, 9.17) is 0 Å². The Morgan fingerprint density at radius 1 is 1.05 bits per heavy atom. The zero-order chi connectivity index (χ0) is 14.4. The second-order valence-corrected chi connectivity index (χ2v) is 4.75. The number of allylic oxidation sites excluding steroid dienone is 2. The predicted octanol–water partition coefficient (Wildman–Crippen LogP) is 2.73. The van der Waals surface area contributed by atoms with Gasteiger partial charge in [0.25, 0.3) is 0 Å². The Hall–Kier alpha value is -2.30. The molecule has 1 unspecified atom stereocenters. The number of benzene rings is 1. The maximum Gasteiger partial charge on any atom is 0.318 e. The van der Waals surface area contributed by atoms with E-state index < -0.39 is 0 Å². The molecule has 0 aliphatic heterocycles. The van der Waals surface area contributed by atoms with Crippen LogP contribution in [0, 0.1) is 5.92 Å². The minimum Gasteiger partial charge on any atom is -0.341 e. The Bertz CT molecular complexity index is 508. The molecule has 3 N–H and O–H groups in total. The summed E-state index contributed by atoms with van der Waals surface area (Å²) in [6.45, 7) is 0. The number of carbonyl (C=O) groups excluding carboxylic acids is 2. The van der Waals surface area contributed by atoms with Crippen LogP contribution in [0.3, 0.4) is 0 Å². The first-order valence-corrected chi connectivity index (χ1v) is 6.73. The molecule has 2 rings (SSSR count). The van der Waals surface area contributed by atoms with Crippen LogP contribution in [0.25, 0.3) is 0 Å². The van der Waals surface area contributed by atoms with E-state index in [0.717, 1.165) is 24.9 Å². The number of hydrogen-bond donors (Lipinski definition) is 3. The lowest BCUT2D eigenvalue weighted by molar-refractivity contribution is -0.120. The molecule has 106 valence electrons. The van der Waals surface area contributed by atoms with Gasteiger partial charge in [0, 0.05) is 24.3 Å². The third-order valence-corrected chi connectivity index (χ3v) is 3.28. The van der Waals surface area contributed by atoms with Gasteiger partial charge in [-0.25, -0.2) is 4.79 Å². The minimum absolute atomic E-state index is 0.0568. The molecule has 1 aromatic rings. The summed E-state index contributed by atoms with van der Waals surface area (Å²) in [5, 5.41) is 8.05. The highest BCUT2D eigenvalue weighted by molar-refractivity contribution is 5.93. The third-order valence-electron chi connectivity index (χ3n) is 3.28. The zero-order valence-electron chi connectivity index (χ0n) is 11.5. The molecule has 0 saturated heterocycles. The van der Waals surface area contributed by atoms with Crippen LogP contribution in [-0.2, 0) is 4.79 Å². The van der Waals surface area contributed by atoms with E-state index in [2.05, 4.69) is 28.1 Å². The Morgan fingerprint density at radius 2 is 1.70 bits per heavy atom. The lowest BCUT2D eigenvalue weighted by atomic mass is 9.93. The average Bonchev–Trinajstić information content (AvgIpc) is 2.50. The molecule has 20 heavy (non-hydrogen) atoms. The van der Waals surface area contributed by atoms with Gasteiger partial charge in [0.2, 0.25) is 5.91 Å². The van der Waals surface area contributed by atoms with E-state index in [0.29, 0.717) is 5.69 Å². The number of rotatable bonds is 3. The molecule has 0 saturated carbocycles. The molecule has 0 aromatic heterocycles. The van der Waals surface area contributed by atoms with Gasteiger partial charge >= 0.3 is 6.03 Å². The highest BCUT2D eigenvalue weighted by Crippen LogP contribution is 2.21. The molecule has 3 amide bonds. The SMILES string of the molecule is CNC(=O)Nc1ccc(NC(=O)C2CC=CCC2)cc1. The molecule has 0 fully saturated rings. The second kappa shape index (κ2) is 6.75. The number of hydrogen-bond acceptors (Lipinski definition) is 2. The van der Waals surface area contributed by atoms with Crippen LogP contribution < -0.4 is 16.0 Å². The van der Waals surface area contributed by atoms with Crippen molar-refractivity contribution < 1.29 is 9.59 Å². The van der Waals surface area contributed by atoms with Gasteiger partial charge in [-0.1, -0.05) is 12.2 Å². The van der Waals surface area contributed by atoms with Gasteiger partial charge in [0.1, 0.15) is 0 Å². The van der Waals surface area contributed by atoms with Crippen molar-refractivity contribution in [2.45, 2.75) is 19.3 Å². The molecule has 1 aliphatic rings. The summed E-state index contributed by atoms with van der Waals surface area (Å²) in [6.07, 6.45) is 6.85. The molecule has 0 heterocycles. The fraction of sp³-hybridized carbons (Fsp3) is 0.333. The Balaban J connectivity index is 1.91. The molecule has 5 nitrogen and oxygen atoms in total. The van der Waals surface area contributed by atoms with Crippen LogP contribution in [-0.4, -0.2) is 19.0 Å². The fourth-order valence-corrected chi connectivity index (χ4v) is 2.11. The summed E-state index contributed by atoms with van der Waals surface area (Å²) in [5.74, 6) is 0.116. The fourth-order valence-electron chi connectivity index (χ4n) is 2.11. The van der Waals surface area contributed by atoms with E-state index in [1.54, 1.807) is 31.3 Å². The summed E-state index contributed by atoms with van der Waals surface area (Å²) in [6, 6.07) is 6.80. The molecule has 1 aromatic carbocycles. The van der Waals surface area contributed by atoms with Crippen LogP contribution in [0.15, 0.2) is 36.4 Å². The highest BCUT2D eigenvalue weighted by atomic mass is 16.2. The van der Waals surface area contributed by atoms with Crippen LogP contribution in [0.2, 0.25) is 0 Å². The molecule has 0 radical (unpaired) electrons. The second-order valence-electron chi connectivity index (χ2n) is 4.75. The maximum absolute atomic E-state index is 12.1. The van der Waals surface area contributed by atoms with E-state index in [1.165, 1.54) is 0 Å². The third kappa shape index (κ3) is 3.85. The lowest BCUT2D eigenvalue weighted by Crippen LogP contribution is -2.24. The highest BCUT2D eigenvalue weighted by Gasteiger charge is 2.18. The van der Waals surface area contributed by atoms with Crippen LogP contribution >= 0.6 is 0 Å². The van der Waals surface area contributed by atoms with Crippen molar-refractivity contribution in [3.63, 3.8) is 0 Å². The van der Waals surface area contributed by atoms with Crippen molar-refractivity contribution >= 4 is 23.3 Å². The summed E-state index contributed by atoms with van der Waals surface area (Å²) in [7, 11) is 1.56. The summed E-state index contributed by atoms with van der Waals surface area (Å²) in [4.78, 5) is 23.2. The van der Waals surface area contributed by atoms with Gasteiger partial charge in [-0.05, 0) is 43.5 Å². The number of anilines is 2. The normalized spacial score (nSPS) is 17.4. The summed E-state index contributed by atoms with van der Waals surface area (Å²) < 4.78 is 0. The van der Waals surface area contributed by atoms with Crippen LogP contribution in [0.5, 0.6) is 0 Å². The van der Waals surface area contributed by atoms with Crippen molar-refractivity contribution in [1.82, 2.24) is 5.32 Å². The van der Waals surface area contributed by atoms with Crippen molar-refractivity contribution in [3.05, 3.63) is 36.4 Å². The van der Waals surface area contributed by atoms with Gasteiger partial charge in [-0.15, -0.1) is 0 Å². The first-order chi connectivity index (χ1) is 9.69. The van der Waals surface area contributed by atoms with E-state index >= 15 is 0 Å². The Labute approximate surface area is 118 Å². The van der Waals surface area contributed by atoms with E-state index in [9.17, 15) is 9.59 Å². The number of carbonyl (C=O) groups is 2. The smallest absolute Gasteiger partial charge is 0.318 e. The van der Waals surface area contributed by atoms with Gasteiger partial charge < -0.3 is 16.0 Å². The maximum atomic E-state index is 12.1. The molecular formula is C15H19N3O2. The van der Waals surface area contributed by atoms with Crippen molar-refractivity contribution in [3.8, 4) is 0 Å². The van der Waals surface area contributed by atoms with Gasteiger partial charge in [0.05, 0.1) is 0 Å². The van der Waals surface area contributed by atoms with Gasteiger partial charge in [-0.2, -0.15) is 0 Å². The molecule has 5 heteroatoms. The Morgan fingerprint density at radius 3 is 2.25 bits per heavy atom. The first-order valence-electron chi connectivity index (χ1n) is 6.73. The van der Waals surface area contributed by atoms with Crippen molar-refractivity contribution in [2.24, 2.45) is 5.92 Å². The molecule has 1 aliphatic carbocycles. The van der Waals surface area contributed by atoms with Gasteiger partial charge in [-0.3, -0.25) is 4.79 Å². The molecule has 0 spiro atoms. The summed E-state index contributed by atoms with van der Waals surface area (Å²) >= 11 is 0. The van der Waals surface area contributed by atoms with Crippen LogP contribution in [0.1, 0.15) is 19.3 Å². The number of amides is 3. The standard InChI is InChI=1S/C15H19N3O2/c1-16-15(20)18-13-9-7-12(8-10-13)17-14(19)11-5-3-2-4-6-11/h2-3,7-11H,4-6H2,1H3,(H,17,19)(H2,16,18,20). The van der Waals surface area contributed by atoms with Gasteiger partial charge in [0.15, 0.2) is 0 Å². The largest absolute Gasteiger partial charge is 0.341 e. The minimum atomic E-state index is -0.268.